The first-order chi connectivity index (χ1) is 12.2. The van der Waals surface area contributed by atoms with Gasteiger partial charge in [0.15, 0.2) is 0 Å². The maximum absolute atomic E-state index is 11.9. The lowest BCUT2D eigenvalue weighted by molar-refractivity contribution is 0.0341. The summed E-state index contributed by atoms with van der Waals surface area (Å²) in [5, 5.41) is 2.87. The first kappa shape index (κ1) is 17.8. The summed E-state index contributed by atoms with van der Waals surface area (Å²) in [5.41, 5.74) is 2.87. The van der Waals surface area contributed by atoms with Gasteiger partial charge in [0.05, 0.1) is 31.5 Å². The fourth-order valence-electron chi connectivity index (χ4n) is 2.66. The van der Waals surface area contributed by atoms with Gasteiger partial charge in [-0.1, -0.05) is 12.1 Å². The zero-order valence-corrected chi connectivity index (χ0v) is 15.1. The van der Waals surface area contributed by atoms with E-state index in [4.69, 9.17) is 9.47 Å². The SMILES string of the molecule is C[C@@H](CNC(=O)c1cncs1)Oc1cccc(CN2CCOCC2)c1. The number of aromatic nitrogens is 1. The number of nitrogens with one attached hydrogen (secondary N) is 1. The zero-order valence-electron chi connectivity index (χ0n) is 14.3. The number of rotatable bonds is 7. The molecule has 3 rings (SSSR count). The Morgan fingerprint density at radius 3 is 3.04 bits per heavy atom. The summed E-state index contributed by atoms with van der Waals surface area (Å²) in [4.78, 5) is 18.8. The summed E-state index contributed by atoms with van der Waals surface area (Å²) < 4.78 is 11.3. The molecule has 0 saturated carbocycles. The van der Waals surface area contributed by atoms with Gasteiger partial charge in [-0.2, -0.15) is 0 Å². The minimum Gasteiger partial charge on any atom is -0.489 e. The van der Waals surface area contributed by atoms with Gasteiger partial charge in [-0.15, -0.1) is 11.3 Å². The third-order valence-electron chi connectivity index (χ3n) is 3.95. The Morgan fingerprint density at radius 2 is 2.28 bits per heavy atom. The van der Waals surface area contributed by atoms with E-state index in [1.165, 1.54) is 16.9 Å². The predicted molar refractivity (Wildman–Crippen MR) is 97.1 cm³/mol. The number of carbonyl (C=O) groups is 1. The minimum absolute atomic E-state index is 0.112. The zero-order chi connectivity index (χ0) is 17.5. The molecule has 7 heteroatoms. The van der Waals surface area contributed by atoms with Crippen molar-refractivity contribution in [2.24, 2.45) is 0 Å². The molecule has 2 aromatic rings. The van der Waals surface area contributed by atoms with E-state index in [2.05, 4.69) is 27.3 Å². The summed E-state index contributed by atoms with van der Waals surface area (Å²) in [6, 6.07) is 8.13. The van der Waals surface area contributed by atoms with Crippen LogP contribution in [-0.4, -0.2) is 54.7 Å². The van der Waals surface area contributed by atoms with Crippen LogP contribution in [0.3, 0.4) is 0 Å². The maximum atomic E-state index is 11.9. The molecule has 25 heavy (non-hydrogen) atoms. The molecule has 1 saturated heterocycles. The molecule has 1 N–H and O–H groups in total. The second kappa shape index (κ2) is 8.94. The van der Waals surface area contributed by atoms with Crippen molar-refractivity contribution in [3.8, 4) is 5.75 Å². The van der Waals surface area contributed by atoms with E-state index >= 15 is 0 Å². The predicted octanol–water partition coefficient (Wildman–Crippen LogP) is 2.17. The molecule has 1 aliphatic heterocycles. The van der Waals surface area contributed by atoms with Crippen molar-refractivity contribution < 1.29 is 14.3 Å². The number of benzene rings is 1. The Labute approximate surface area is 151 Å². The van der Waals surface area contributed by atoms with Gasteiger partial charge in [0.25, 0.3) is 5.91 Å². The molecular formula is C18H23N3O3S. The molecule has 1 fully saturated rings. The fraction of sp³-hybridized carbons (Fsp3) is 0.444. The molecule has 0 radical (unpaired) electrons. The number of ether oxygens (including phenoxy) is 2. The van der Waals surface area contributed by atoms with Crippen molar-refractivity contribution >= 4 is 17.2 Å². The van der Waals surface area contributed by atoms with Crippen molar-refractivity contribution in [2.75, 3.05) is 32.8 Å². The number of amides is 1. The highest BCUT2D eigenvalue weighted by Crippen LogP contribution is 2.17. The quantitative estimate of drug-likeness (QED) is 0.819. The van der Waals surface area contributed by atoms with Crippen LogP contribution < -0.4 is 10.1 Å². The van der Waals surface area contributed by atoms with Gasteiger partial charge in [0.2, 0.25) is 0 Å². The van der Waals surface area contributed by atoms with Crippen LogP contribution in [0.1, 0.15) is 22.2 Å². The lowest BCUT2D eigenvalue weighted by Crippen LogP contribution is -2.35. The number of hydrogen-bond acceptors (Lipinski definition) is 6. The van der Waals surface area contributed by atoms with Gasteiger partial charge in [0, 0.05) is 19.6 Å². The molecule has 2 heterocycles. The summed E-state index contributed by atoms with van der Waals surface area (Å²) in [7, 11) is 0. The molecule has 1 amide bonds. The van der Waals surface area contributed by atoms with E-state index in [0.717, 1.165) is 38.6 Å². The summed E-state index contributed by atoms with van der Waals surface area (Å²) in [6.07, 6.45) is 1.45. The Balaban J connectivity index is 1.48. The van der Waals surface area contributed by atoms with E-state index in [9.17, 15) is 4.79 Å². The first-order valence-electron chi connectivity index (χ1n) is 8.43. The third-order valence-corrected chi connectivity index (χ3v) is 4.72. The second-order valence-corrected chi connectivity index (χ2v) is 6.93. The number of carbonyl (C=O) groups excluding carboxylic acids is 1. The van der Waals surface area contributed by atoms with Crippen LogP contribution in [0, 0.1) is 0 Å². The highest BCUT2D eigenvalue weighted by Gasteiger charge is 2.12. The fourth-order valence-corrected chi connectivity index (χ4v) is 3.20. The lowest BCUT2D eigenvalue weighted by atomic mass is 10.2. The van der Waals surface area contributed by atoms with Crippen LogP contribution in [0.5, 0.6) is 5.75 Å². The van der Waals surface area contributed by atoms with Crippen LogP contribution in [0.25, 0.3) is 0 Å². The monoisotopic (exact) mass is 361 g/mol. The van der Waals surface area contributed by atoms with Crippen LogP contribution in [0.2, 0.25) is 0 Å². The second-order valence-electron chi connectivity index (χ2n) is 6.04. The van der Waals surface area contributed by atoms with Crippen LogP contribution in [0.15, 0.2) is 36.0 Å². The molecule has 1 aliphatic rings. The molecule has 1 aromatic carbocycles. The Kier molecular flexibility index (Phi) is 6.38. The average Bonchev–Trinajstić information content (AvgIpc) is 3.16. The Morgan fingerprint density at radius 1 is 1.44 bits per heavy atom. The average molecular weight is 361 g/mol. The first-order valence-corrected chi connectivity index (χ1v) is 9.31. The normalized spacial score (nSPS) is 16.4. The summed E-state index contributed by atoms with van der Waals surface area (Å²) in [6.45, 7) is 6.82. The molecule has 0 aliphatic carbocycles. The molecule has 0 unspecified atom stereocenters. The molecule has 1 atom stereocenters. The van der Waals surface area contributed by atoms with Crippen molar-refractivity contribution in [3.05, 3.63) is 46.4 Å². The van der Waals surface area contributed by atoms with Crippen molar-refractivity contribution in [3.63, 3.8) is 0 Å². The van der Waals surface area contributed by atoms with Crippen molar-refractivity contribution in [1.82, 2.24) is 15.2 Å². The van der Waals surface area contributed by atoms with Gasteiger partial charge in [-0.25, -0.2) is 0 Å². The molecule has 0 spiro atoms. The summed E-state index contributed by atoms with van der Waals surface area (Å²) >= 11 is 1.33. The highest BCUT2D eigenvalue weighted by molar-refractivity contribution is 7.11. The van der Waals surface area contributed by atoms with E-state index in [0.29, 0.717) is 11.4 Å². The molecule has 6 nitrogen and oxygen atoms in total. The van der Waals surface area contributed by atoms with Crippen LogP contribution in [0.4, 0.5) is 0 Å². The molecule has 1 aromatic heterocycles. The largest absolute Gasteiger partial charge is 0.489 e. The van der Waals surface area contributed by atoms with Crippen molar-refractivity contribution in [2.45, 2.75) is 19.6 Å². The van der Waals surface area contributed by atoms with Crippen LogP contribution in [-0.2, 0) is 11.3 Å². The Bertz CT molecular complexity index is 672. The lowest BCUT2D eigenvalue weighted by Gasteiger charge is -2.26. The smallest absolute Gasteiger partial charge is 0.263 e. The van der Waals surface area contributed by atoms with E-state index in [-0.39, 0.29) is 12.0 Å². The summed E-state index contributed by atoms with van der Waals surface area (Å²) in [5.74, 6) is 0.712. The number of hydrogen-bond donors (Lipinski definition) is 1. The minimum atomic E-state index is -0.115. The van der Waals surface area contributed by atoms with E-state index in [1.807, 2.05) is 19.1 Å². The van der Waals surface area contributed by atoms with Crippen molar-refractivity contribution in [1.29, 1.82) is 0 Å². The topological polar surface area (TPSA) is 63.7 Å². The molecular weight excluding hydrogens is 338 g/mol. The van der Waals surface area contributed by atoms with Gasteiger partial charge in [-0.3, -0.25) is 14.7 Å². The van der Waals surface area contributed by atoms with Gasteiger partial charge < -0.3 is 14.8 Å². The standard InChI is InChI=1S/C18H23N3O3S/c1-14(10-20-18(22)17-11-19-13-25-17)24-16-4-2-3-15(9-16)12-21-5-7-23-8-6-21/h2-4,9,11,13-14H,5-8,10,12H2,1H3,(H,20,22)/t14-/m0/s1. The highest BCUT2D eigenvalue weighted by atomic mass is 32.1. The number of nitrogens with zero attached hydrogens (tertiary/aromatic N) is 2. The molecule has 134 valence electrons. The van der Waals surface area contributed by atoms with Gasteiger partial charge in [-0.05, 0) is 24.6 Å². The third kappa shape index (κ3) is 5.52. The van der Waals surface area contributed by atoms with Gasteiger partial charge >= 0.3 is 0 Å². The molecule has 0 bridgehead atoms. The van der Waals surface area contributed by atoms with Crippen LogP contribution >= 0.6 is 11.3 Å². The van der Waals surface area contributed by atoms with Gasteiger partial charge in [0.1, 0.15) is 16.7 Å². The number of morpholine rings is 1. The van der Waals surface area contributed by atoms with E-state index in [1.54, 1.807) is 11.7 Å². The Hall–Kier alpha value is -1.96. The van der Waals surface area contributed by atoms with E-state index < -0.39 is 0 Å². The number of thiazole rings is 1. The maximum Gasteiger partial charge on any atom is 0.263 e.